The smallest absolute Gasteiger partial charge is 0.266 e. The Balaban J connectivity index is 1.71. The Bertz CT molecular complexity index is 1360. The van der Waals surface area contributed by atoms with Crippen molar-refractivity contribution in [2.75, 3.05) is 13.7 Å². The van der Waals surface area contributed by atoms with Crippen LogP contribution in [-0.2, 0) is 20.0 Å². The molecular weight excluding hydrogens is 424 g/mol. The Morgan fingerprint density at radius 2 is 2.12 bits per heavy atom. The summed E-state index contributed by atoms with van der Waals surface area (Å²) in [5.41, 5.74) is 3.00. The zero-order valence-corrected chi connectivity index (χ0v) is 18.4. The first-order valence-electron chi connectivity index (χ1n) is 10.6. The number of benzene rings is 1. The molecule has 33 heavy (non-hydrogen) atoms. The van der Waals surface area contributed by atoms with Crippen LogP contribution < -0.4 is 10.1 Å². The van der Waals surface area contributed by atoms with Crippen LogP contribution in [0.2, 0.25) is 0 Å². The van der Waals surface area contributed by atoms with E-state index in [1.165, 1.54) is 0 Å². The number of hydrogen-bond acceptors (Lipinski definition) is 7. The van der Waals surface area contributed by atoms with E-state index in [4.69, 9.17) is 9.57 Å². The number of rotatable bonds is 6. The van der Waals surface area contributed by atoms with Gasteiger partial charge in [0.05, 0.1) is 12.8 Å². The molecule has 0 spiro atoms. The molecule has 9 heteroatoms. The summed E-state index contributed by atoms with van der Waals surface area (Å²) in [6, 6.07) is 9.45. The van der Waals surface area contributed by atoms with Crippen LogP contribution >= 0.6 is 0 Å². The number of carbonyl (C=O) groups excluding carboxylic acids is 3. The fraction of sp³-hybridized carbons (Fsp3) is 0.292. The number of fused-ring (bicyclic) bond motifs is 1. The largest absolute Gasteiger partial charge is 0.481 e. The van der Waals surface area contributed by atoms with Crippen LogP contribution in [0.3, 0.4) is 0 Å². The Morgan fingerprint density at radius 3 is 2.79 bits per heavy atom. The fourth-order valence-electron chi connectivity index (χ4n) is 4.78. The van der Waals surface area contributed by atoms with Crippen LogP contribution in [0.5, 0.6) is 5.88 Å². The first kappa shape index (κ1) is 20.9. The number of carbonyl (C=O) groups is 3. The molecule has 1 fully saturated rings. The Kier molecular flexibility index (Phi) is 4.77. The van der Waals surface area contributed by atoms with Crippen LogP contribution in [0, 0.1) is 12.8 Å². The lowest BCUT2D eigenvalue weighted by molar-refractivity contribution is -0.125. The summed E-state index contributed by atoms with van der Waals surface area (Å²) in [5, 5.41) is 7.67. The highest BCUT2D eigenvalue weighted by atomic mass is 16.6. The number of aromatic nitrogens is 2. The van der Waals surface area contributed by atoms with Crippen LogP contribution in [0.15, 0.2) is 41.7 Å². The molecule has 0 bridgehead atoms. The third kappa shape index (κ3) is 3.11. The molecule has 1 aliphatic heterocycles. The predicted molar refractivity (Wildman–Crippen MR) is 120 cm³/mol. The summed E-state index contributed by atoms with van der Waals surface area (Å²) in [5.74, 6) is 0.0129. The van der Waals surface area contributed by atoms with Gasteiger partial charge in [-0.1, -0.05) is 18.1 Å². The van der Waals surface area contributed by atoms with Crippen molar-refractivity contribution in [2.45, 2.75) is 25.8 Å². The summed E-state index contributed by atoms with van der Waals surface area (Å²) in [6.45, 7) is 3.78. The molecule has 0 saturated heterocycles. The van der Waals surface area contributed by atoms with Gasteiger partial charge in [0, 0.05) is 22.7 Å². The van der Waals surface area contributed by atoms with Gasteiger partial charge < -0.3 is 19.5 Å². The van der Waals surface area contributed by atoms with E-state index in [1.807, 2.05) is 42.7 Å². The van der Waals surface area contributed by atoms with Crippen LogP contribution in [0.1, 0.15) is 29.4 Å². The van der Waals surface area contributed by atoms with Crippen molar-refractivity contribution in [1.82, 2.24) is 14.9 Å². The van der Waals surface area contributed by atoms with Crippen molar-refractivity contribution in [3.05, 3.63) is 47.8 Å². The summed E-state index contributed by atoms with van der Waals surface area (Å²) in [6.07, 6.45) is 2.63. The second-order valence-electron chi connectivity index (χ2n) is 8.40. The number of nitrogens with zero attached hydrogens (tertiary/aromatic N) is 3. The molecule has 0 radical (unpaired) electrons. The number of hydrogen-bond donors (Lipinski definition) is 1. The monoisotopic (exact) mass is 446 g/mol. The van der Waals surface area contributed by atoms with Crippen LogP contribution in [0.4, 0.5) is 0 Å². The average Bonchev–Trinajstić information content (AvgIpc) is 3.34. The van der Waals surface area contributed by atoms with Crippen molar-refractivity contribution < 1.29 is 24.0 Å². The van der Waals surface area contributed by atoms with Gasteiger partial charge in [0.1, 0.15) is 5.54 Å². The molecule has 2 aliphatic rings. The normalized spacial score (nSPS) is 21.7. The van der Waals surface area contributed by atoms with Gasteiger partial charge in [-0.25, -0.2) is 4.98 Å². The number of amides is 1. The van der Waals surface area contributed by atoms with Gasteiger partial charge in [-0.05, 0) is 54.7 Å². The lowest BCUT2D eigenvalue weighted by Gasteiger charge is -2.26. The Morgan fingerprint density at radius 1 is 1.33 bits per heavy atom. The summed E-state index contributed by atoms with van der Waals surface area (Å²) in [7, 11) is 1.58. The Labute approximate surface area is 189 Å². The van der Waals surface area contributed by atoms with Crippen molar-refractivity contribution in [2.24, 2.45) is 11.1 Å². The van der Waals surface area contributed by atoms with E-state index >= 15 is 0 Å². The highest BCUT2D eigenvalue weighted by Crippen LogP contribution is 2.53. The first-order valence-corrected chi connectivity index (χ1v) is 10.6. The number of nitrogens with one attached hydrogen (secondary N) is 1. The van der Waals surface area contributed by atoms with E-state index in [2.05, 4.69) is 15.5 Å². The van der Waals surface area contributed by atoms with E-state index in [-0.39, 0.29) is 24.1 Å². The standard InChI is InChI=1S/C24H22N4O5/c1-13-10-24(13,23-26-21(31)12-33-27-23)28-18-5-4-15(8-16(18)9-19(28)20(30)11-29)17-6-7-25-22(32-3)14(17)2/h4-9,11,13H,10,12H2,1-3H3,(H,26,27,31)/t13-,24-/m0/s1. The zero-order valence-electron chi connectivity index (χ0n) is 18.4. The van der Waals surface area contributed by atoms with Crippen molar-refractivity contribution in [3.8, 4) is 17.0 Å². The maximum atomic E-state index is 12.7. The molecule has 1 aromatic carbocycles. The lowest BCUT2D eigenvalue weighted by atomic mass is 10.0. The quantitative estimate of drug-likeness (QED) is 0.354. The molecule has 3 heterocycles. The minimum atomic E-state index is -0.775. The van der Waals surface area contributed by atoms with E-state index in [0.29, 0.717) is 24.4 Å². The lowest BCUT2D eigenvalue weighted by Crippen LogP contribution is -2.47. The molecule has 9 nitrogen and oxygen atoms in total. The number of aldehydes is 1. The van der Waals surface area contributed by atoms with Gasteiger partial charge in [0.15, 0.2) is 18.7 Å². The van der Waals surface area contributed by atoms with Crippen molar-refractivity contribution in [1.29, 1.82) is 0 Å². The number of ether oxygens (including phenoxy) is 1. The molecule has 2 atom stereocenters. The maximum absolute atomic E-state index is 12.7. The number of oxime groups is 1. The molecule has 5 rings (SSSR count). The zero-order chi connectivity index (χ0) is 23.3. The van der Waals surface area contributed by atoms with Crippen LogP contribution in [0.25, 0.3) is 22.0 Å². The molecule has 1 aliphatic carbocycles. The number of pyridine rings is 1. The molecule has 1 saturated carbocycles. The second-order valence-corrected chi connectivity index (χ2v) is 8.40. The predicted octanol–water partition coefficient (Wildman–Crippen LogP) is 2.60. The van der Waals surface area contributed by atoms with E-state index in [1.54, 1.807) is 19.4 Å². The van der Waals surface area contributed by atoms with Gasteiger partial charge in [-0.15, -0.1) is 0 Å². The summed E-state index contributed by atoms with van der Waals surface area (Å²) in [4.78, 5) is 45.5. The van der Waals surface area contributed by atoms with Gasteiger partial charge in [-0.2, -0.15) is 0 Å². The number of amidine groups is 1. The number of methoxy groups -OCH3 is 1. The Hall–Kier alpha value is -4.01. The highest BCUT2D eigenvalue weighted by molar-refractivity contribution is 6.33. The van der Waals surface area contributed by atoms with Crippen LogP contribution in [-0.4, -0.2) is 47.1 Å². The molecule has 1 amide bonds. The van der Waals surface area contributed by atoms with Gasteiger partial charge in [0.25, 0.3) is 5.91 Å². The van der Waals surface area contributed by atoms with E-state index in [0.717, 1.165) is 27.6 Å². The minimum Gasteiger partial charge on any atom is -0.481 e. The third-order valence-electron chi connectivity index (χ3n) is 6.51. The molecule has 1 N–H and O–H groups in total. The van der Waals surface area contributed by atoms with E-state index in [9.17, 15) is 14.4 Å². The first-order chi connectivity index (χ1) is 15.9. The maximum Gasteiger partial charge on any atom is 0.266 e. The average molecular weight is 446 g/mol. The molecule has 0 unspecified atom stereocenters. The third-order valence-corrected chi connectivity index (χ3v) is 6.51. The van der Waals surface area contributed by atoms with Gasteiger partial charge in [-0.3, -0.25) is 14.4 Å². The highest BCUT2D eigenvalue weighted by Gasteiger charge is 2.60. The topological polar surface area (TPSA) is 112 Å². The fourth-order valence-corrected chi connectivity index (χ4v) is 4.78. The molecule has 168 valence electrons. The number of Topliss-reactive ketones (excluding diaryl/α,β-unsaturated/α-hetero) is 1. The van der Waals surface area contributed by atoms with Crippen molar-refractivity contribution in [3.63, 3.8) is 0 Å². The van der Waals surface area contributed by atoms with Gasteiger partial charge >= 0.3 is 0 Å². The second kappa shape index (κ2) is 7.54. The molecule has 3 aromatic rings. The molecular formula is C24H22N4O5. The summed E-state index contributed by atoms with van der Waals surface area (Å²) < 4.78 is 7.17. The van der Waals surface area contributed by atoms with E-state index < -0.39 is 11.3 Å². The van der Waals surface area contributed by atoms with Gasteiger partial charge in [0.2, 0.25) is 11.7 Å². The summed E-state index contributed by atoms with van der Waals surface area (Å²) >= 11 is 0. The number of ketones is 1. The molecule has 2 aromatic heterocycles. The SMILES string of the molecule is COc1nccc(-c2ccc3c(c2)cc(C(=O)C=O)n3[C@@]2(C3=NOCC(=O)N3)C[C@@H]2C)c1C. The minimum absolute atomic E-state index is 0.0680. The van der Waals surface area contributed by atoms with Crippen molar-refractivity contribution >= 4 is 34.7 Å².